The van der Waals surface area contributed by atoms with Crippen LogP contribution in [0.1, 0.15) is 12.8 Å². The van der Waals surface area contributed by atoms with Crippen molar-refractivity contribution in [2.24, 2.45) is 0 Å². The molecule has 0 amide bonds. The van der Waals surface area contributed by atoms with Gasteiger partial charge in [0.2, 0.25) is 5.95 Å². The van der Waals surface area contributed by atoms with Gasteiger partial charge in [-0.1, -0.05) is 0 Å². The van der Waals surface area contributed by atoms with Gasteiger partial charge in [-0.2, -0.15) is 0 Å². The van der Waals surface area contributed by atoms with Crippen LogP contribution in [0.4, 0.5) is 11.6 Å². The van der Waals surface area contributed by atoms with Crippen molar-refractivity contribution in [2.45, 2.75) is 23.8 Å². The van der Waals surface area contributed by atoms with Crippen LogP contribution in [0, 0.1) is 0 Å². The van der Waals surface area contributed by atoms with E-state index in [0.717, 1.165) is 19.4 Å². The van der Waals surface area contributed by atoms with E-state index in [-0.39, 0.29) is 16.9 Å². The summed E-state index contributed by atoms with van der Waals surface area (Å²) in [6.45, 7) is 1.45. The number of nitrogens with one attached hydrogen (secondary N) is 3. The van der Waals surface area contributed by atoms with Crippen LogP contribution in [-0.4, -0.2) is 42.8 Å². The summed E-state index contributed by atoms with van der Waals surface area (Å²) >= 11 is 5.24. The summed E-state index contributed by atoms with van der Waals surface area (Å²) in [5.41, 5.74) is 0.685. The second-order valence-electron chi connectivity index (χ2n) is 5.67. The molecule has 1 fully saturated rings. The third kappa shape index (κ3) is 5.10. The Labute approximate surface area is 157 Å². The molecule has 0 aliphatic carbocycles. The fourth-order valence-corrected chi connectivity index (χ4v) is 3.59. The molecule has 1 saturated heterocycles. The molecule has 0 bridgehead atoms. The Hall–Kier alpha value is -2.30. The predicted molar refractivity (Wildman–Crippen MR) is 102 cm³/mol. The minimum atomic E-state index is -3.75. The summed E-state index contributed by atoms with van der Waals surface area (Å²) in [5.74, 6) is 0.0224. The quantitative estimate of drug-likeness (QED) is 0.638. The molecule has 3 rings (SSSR count). The van der Waals surface area contributed by atoms with Gasteiger partial charge in [-0.15, -0.1) is 0 Å². The van der Waals surface area contributed by atoms with Gasteiger partial charge in [0.1, 0.15) is 0 Å². The van der Waals surface area contributed by atoms with Gasteiger partial charge < -0.3 is 15.4 Å². The number of ether oxygens (including phenoxy) is 1. The summed E-state index contributed by atoms with van der Waals surface area (Å²) in [5, 5.41) is 6.58. The van der Waals surface area contributed by atoms with Crippen LogP contribution in [-0.2, 0) is 14.8 Å². The standard InChI is InChI=1S/C16H19N5O3S2/c22-26(23,21-15-17-8-2-9-18-15)14-6-4-12(5-7-14)20-16(25)19-11-13-3-1-10-24-13/h2,4-9,13H,1,3,10-11H2,(H,17,18,21)(H2,19,20,25)/t13-/m0/s1. The van der Waals surface area contributed by atoms with Gasteiger partial charge in [0.05, 0.1) is 11.0 Å². The number of aromatic nitrogens is 2. The predicted octanol–water partition coefficient (Wildman–Crippen LogP) is 1.74. The SMILES string of the molecule is O=S(=O)(Nc1ncccn1)c1ccc(NC(=S)NC[C@@H]2CCCO2)cc1. The normalized spacial score (nSPS) is 16.8. The average molecular weight is 393 g/mol. The molecule has 26 heavy (non-hydrogen) atoms. The van der Waals surface area contributed by atoms with Crippen molar-refractivity contribution in [2.75, 3.05) is 23.2 Å². The van der Waals surface area contributed by atoms with E-state index in [1.807, 2.05) is 0 Å². The maximum absolute atomic E-state index is 12.3. The molecule has 3 N–H and O–H groups in total. The molecule has 8 nitrogen and oxygen atoms in total. The minimum absolute atomic E-state index is 0.0224. The van der Waals surface area contributed by atoms with E-state index < -0.39 is 10.0 Å². The van der Waals surface area contributed by atoms with Crippen LogP contribution in [0.2, 0.25) is 0 Å². The molecule has 1 aromatic carbocycles. The maximum Gasteiger partial charge on any atom is 0.264 e. The summed E-state index contributed by atoms with van der Waals surface area (Å²) in [4.78, 5) is 7.81. The Bertz CT molecular complexity index is 838. The van der Waals surface area contributed by atoms with Gasteiger partial charge in [0.25, 0.3) is 10.0 Å². The van der Waals surface area contributed by atoms with E-state index in [9.17, 15) is 8.42 Å². The molecular weight excluding hydrogens is 374 g/mol. The number of nitrogens with zero attached hydrogens (tertiary/aromatic N) is 2. The van der Waals surface area contributed by atoms with Crippen molar-refractivity contribution in [3.8, 4) is 0 Å². The third-order valence-corrected chi connectivity index (χ3v) is 5.32. The first-order chi connectivity index (χ1) is 12.5. The lowest BCUT2D eigenvalue weighted by atomic mass is 10.2. The van der Waals surface area contributed by atoms with Crippen LogP contribution in [0.5, 0.6) is 0 Å². The third-order valence-electron chi connectivity index (χ3n) is 3.73. The molecule has 2 aromatic rings. The summed E-state index contributed by atoms with van der Waals surface area (Å²) in [6, 6.07) is 7.85. The number of rotatable bonds is 6. The molecule has 1 aliphatic heterocycles. The van der Waals surface area contributed by atoms with Gasteiger partial charge >= 0.3 is 0 Å². The molecule has 0 spiro atoms. The molecular formula is C16H19N5O3S2. The van der Waals surface area contributed by atoms with Crippen molar-refractivity contribution in [1.29, 1.82) is 0 Å². The van der Waals surface area contributed by atoms with Gasteiger partial charge in [0.15, 0.2) is 5.11 Å². The summed E-state index contributed by atoms with van der Waals surface area (Å²) in [6.07, 6.45) is 5.21. The monoisotopic (exact) mass is 393 g/mol. The summed E-state index contributed by atoms with van der Waals surface area (Å²) in [7, 11) is -3.75. The maximum atomic E-state index is 12.3. The zero-order valence-corrected chi connectivity index (χ0v) is 15.5. The lowest BCUT2D eigenvalue weighted by Crippen LogP contribution is -2.34. The summed E-state index contributed by atoms with van der Waals surface area (Å²) < 4.78 is 32.5. The van der Waals surface area contributed by atoms with Crippen LogP contribution in [0.3, 0.4) is 0 Å². The Balaban J connectivity index is 1.56. The van der Waals surface area contributed by atoms with E-state index in [2.05, 4.69) is 25.3 Å². The van der Waals surface area contributed by atoms with E-state index in [1.54, 1.807) is 18.2 Å². The van der Waals surface area contributed by atoms with Crippen LogP contribution < -0.4 is 15.4 Å². The van der Waals surface area contributed by atoms with Crippen molar-refractivity contribution in [3.05, 3.63) is 42.7 Å². The highest BCUT2D eigenvalue weighted by molar-refractivity contribution is 7.92. The molecule has 1 aromatic heterocycles. The fourth-order valence-electron chi connectivity index (χ4n) is 2.44. The molecule has 0 radical (unpaired) electrons. The molecule has 1 atom stereocenters. The van der Waals surface area contributed by atoms with E-state index in [4.69, 9.17) is 17.0 Å². The van der Waals surface area contributed by atoms with Crippen molar-refractivity contribution < 1.29 is 13.2 Å². The highest BCUT2D eigenvalue weighted by Crippen LogP contribution is 2.16. The number of sulfonamides is 1. The van der Waals surface area contributed by atoms with Gasteiger partial charge in [-0.05, 0) is 55.4 Å². The largest absolute Gasteiger partial charge is 0.376 e. The Morgan fingerprint density at radius 1 is 1.23 bits per heavy atom. The second kappa shape index (κ2) is 8.39. The topological polar surface area (TPSA) is 105 Å². The molecule has 0 saturated carbocycles. The first kappa shape index (κ1) is 18.5. The molecule has 1 aliphatic rings. The van der Waals surface area contributed by atoms with Crippen LogP contribution >= 0.6 is 12.2 Å². The van der Waals surface area contributed by atoms with Gasteiger partial charge in [-0.25, -0.2) is 23.1 Å². The molecule has 2 heterocycles. The van der Waals surface area contributed by atoms with Crippen LogP contribution in [0.15, 0.2) is 47.6 Å². The zero-order chi connectivity index (χ0) is 18.4. The average Bonchev–Trinajstić information content (AvgIpc) is 3.14. The Kier molecular flexibility index (Phi) is 5.96. The highest BCUT2D eigenvalue weighted by Gasteiger charge is 2.16. The lowest BCUT2D eigenvalue weighted by molar-refractivity contribution is 0.114. The number of benzene rings is 1. The van der Waals surface area contributed by atoms with Crippen LogP contribution in [0.25, 0.3) is 0 Å². The molecule has 10 heteroatoms. The zero-order valence-electron chi connectivity index (χ0n) is 13.9. The smallest absolute Gasteiger partial charge is 0.264 e. The second-order valence-corrected chi connectivity index (χ2v) is 7.76. The molecule has 0 unspecified atom stereocenters. The number of hydrogen-bond donors (Lipinski definition) is 3. The van der Waals surface area contributed by atoms with Crippen molar-refractivity contribution in [3.63, 3.8) is 0 Å². The van der Waals surface area contributed by atoms with Crippen molar-refractivity contribution in [1.82, 2.24) is 15.3 Å². The molecule has 138 valence electrons. The minimum Gasteiger partial charge on any atom is -0.376 e. The Morgan fingerprint density at radius 3 is 2.62 bits per heavy atom. The number of thiocarbonyl (C=S) groups is 1. The van der Waals surface area contributed by atoms with Crippen molar-refractivity contribution >= 4 is 39.0 Å². The van der Waals surface area contributed by atoms with E-state index >= 15 is 0 Å². The fraction of sp³-hybridized carbons (Fsp3) is 0.312. The number of anilines is 2. The highest BCUT2D eigenvalue weighted by atomic mass is 32.2. The Morgan fingerprint density at radius 2 is 1.96 bits per heavy atom. The number of hydrogen-bond acceptors (Lipinski definition) is 6. The van der Waals surface area contributed by atoms with E-state index in [1.165, 1.54) is 24.5 Å². The van der Waals surface area contributed by atoms with E-state index in [0.29, 0.717) is 17.3 Å². The first-order valence-corrected chi connectivity index (χ1v) is 9.98. The van der Waals surface area contributed by atoms with Gasteiger partial charge in [0, 0.05) is 31.2 Å². The first-order valence-electron chi connectivity index (χ1n) is 8.09. The lowest BCUT2D eigenvalue weighted by Gasteiger charge is -2.14. The van der Waals surface area contributed by atoms with Gasteiger partial charge in [-0.3, -0.25) is 0 Å².